The molecule has 4 aliphatic rings. The normalized spacial score (nSPS) is 45.1. The Labute approximate surface area is 206 Å². The van der Waals surface area contributed by atoms with E-state index in [1.165, 1.54) is 44.9 Å². The summed E-state index contributed by atoms with van der Waals surface area (Å²) in [5, 5.41) is 11.1. The van der Waals surface area contributed by atoms with Crippen LogP contribution in [0.3, 0.4) is 0 Å². The zero-order valence-corrected chi connectivity index (χ0v) is 23.0. The molecule has 4 nitrogen and oxygen atoms in total. The van der Waals surface area contributed by atoms with E-state index >= 15 is 0 Å². The van der Waals surface area contributed by atoms with Crippen LogP contribution in [0, 0.1) is 40.9 Å². The maximum atomic E-state index is 12.9. The summed E-state index contributed by atoms with van der Waals surface area (Å²) >= 11 is -1.00. The molecule has 2 N–H and O–H groups in total. The van der Waals surface area contributed by atoms with E-state index in [0.717, 1.165) is 42.9 Å². The number of hydrogen-bond donors (Lipinski definition) is 2. The van der Waals surface area contributed by atoms with Crippen molar-refractivity contribution in [2.75, 3.05) is 13.2 Å². The van der Waals surface area contributed by atoms with Crippen molar-refractivity contribution >= 4 is 11.4 Å². The van der Waals surface area contributed by atoms with Crippen molar-refractivity contribution < 1.29 is 14.4 Å². The Kier molecular flexibility index (Phi) is 7.89. The lowest BCUT2D eigenvalue weighted by molar-refractivity contribution is -0.128. The minimum atomic E-state index is -1.00. The van der Waals surface area contributed by atoms with Gasteiger partial charge >= 0.3 is 0 Å². The Hall–Kier alpha value is 0.190. The van der Waals surface area contributed by atoms with Gasteiger partial charge in [0, 0.05) is 18.0 Å². The largest absolute Gasteiger partial charge is 0.598 e. The summed E-state index contributed by atoms with van der Waals surface area (Å²) in [6, 6.07) is 0.358. The molecular formula is C28H51NO3S. The predicted molar refractivity (Wildman–Crippen MR) is 137 cm³/mol. The van der Waals surface area contributed by atoms with Gasteiger partial charge in [0.15, 0.2) is 0 Å². The average Bonchev–Trinajstić information content (AvgIpc) is 3.12. The third kappa shape index (κ3) is 5.05. The predicted octanol–water partition coefficient (Wildman–Crippen LogP) is 5.85. The summed E-state index contributed by atoms with van der Waals surface area (Å²) < 4.78 is 21.9. The molecule has 0 unspecified atom stereocenters. The fraction of sp³-hybridized carbons (Fsp3) is 1.00. The van der Waals surface area contributed by atoms with E-state index < -0.39 is 17.0 Å². The van der Waals surface area contributed by atoms with Gasteiger partial charge in [0.25, 0.3) is 0 Å². The van der Waals surface area contributed by atoms with Crippen molar-refractivity contribution in [3.63, 3.8) is 0 Å². The molecule has 0 aromatic heterocycles. The second-order valence-electron chi connectivity index (χ2n) is 13.3. The molecular weight excluding hydrogens is 430 g/mol. The van der Waals surface area contributed by atoms with Crippen molar-refractivity contribution in [2.24, 2.45) is 40.9 Å². The first-order valence-electron chi connectivity index (χ1n) is 14.0. The molecule has 5 heteroatoms. The minimum Gasteiger partial charge on any atom is -0.598 e. The minimum absolute atomic E-state index is 0.215. The fourth-order valence-electron chi connectivity index (χ4n) is 8.85. The summed E-state index contributed by atoms with van der Waals surface area (Å²) in [6.45, 7) is 14.3. The lowest BCUT2D eigenvalue weighted by Crippen LogP contribution is -2.54. The van der Waals surface area contributed by atoms with Crippen LogP contribution in [-0.2, 0) is 16.1 Å². The Morgan fingerprint density at radius 1 is 1.03 bits per heavy atom. The molecule has 33 heavy (non-hydrogen) atoms. The van der Waals surface area contributed by atoms with Crippen LogP contribution in [0.2, 0.25) is 0 Å². The summed E-state index contributed by atoms with van der Waals surface area (Å²) in [4.78, 5) is 0. The molecule has 0 amide bonds. The van der Waals surface area contributed by atoms with Crippen LogP contribution >= 0.6 is 0 Å². The lowest BCUT2D eigenvalue weighted by atomic mass is 9.48. The monoisotopic (exact) mass is 481 g/mol. The van der Waals surface area contributed by atoms with Gasteiger partial charge in [0.1, 0.15) is 4.75 Å². The van der Waals surface area contributed by atoms with Crippen LogP contribution in [-0.4, -0.2) is 39.3 Å². The second-order valence-corrected chi connectivity index (χ2v) is 15.3. The summed E-state index contributed by atoms with van der Waals surface area (Å²) in [6.07, 6.45) is 12.1. The number of hydrogen-bond acceptors (Lipinski definition) is 4. The fourth-order valence-corrected chi connectivity index (χ4v) is 9.81. The molecule has 4 saturated carbocycles. The topological polar surface area (TPSA) is 64.5 Å². The van der Waals surface area contributed by atoms with Gasteiger partial charge in [-0.05, 0) is 133 Å². The molecule has 0 bridgehead atoms. The van der Waals surface area contributed by atoms with Gasteiger partial charge in [-0.15, -0.1) is 4.72 Å². The van der Waals surface area contributed by atoms with E-state index in [0.29, 0.717) is 36.5 Å². The average molecular weight is 482 g/mol. The van der Waals surface area contributed by atoms with Gasteiger partial charge in [0.05, 0.1) is 18.2 Å². The zero-order chi connectivity index (χ0) is 24.0. The van der Waals surface area contributed by atoms with Crippen molar-refractivity contribution in [2.45, 2.75) is 122 Å². The van der Waals surface area contributed by atoms with Gasteiger partial charge < -0.3 is 14.4 Å². The Bertz CT molecular complexity index is 668. The molecule has 0 aliphatic heterocycles. The number of ether oxygens (including phenoxy) is 1. The Morgan fingerprint density at radius 3 is 2.42 bits per heavy atom. The van der Waals surface area contributed by atoms with Gasteiger partial charge in [-0.25, -0.2) is 0 Å². The molecule has 0 heterocycles. The molecule has 192 valence electrons. The SMILES string of the molecule is CCOC[C@@]1(O)CC[C@H]2[C@H](CC[C@@H]3[C@@H]2CC[C@]2(C)[C@@H]([C@@H](CC)N[S@+]([O-])C(C)(C)C)CC[C@@H]32)C1. The first-order valence-corrected chi connectivity index (χ1v) is 15.2. The van der Waals surface area contributed by atoms with Crippen LogP contribution in [0.4, 0.5) is 0 Å². The lowest BCUT2D eigenvalue weighted by Gasteiger charge is -2.57. The number of fused-ring (bicyclic) bond motifs is 5. The highest BCUT2D eigenvalue weighted by atomic mass is 32.2. The van der Waals surface area contributed by atoms with Crippen molar-refractivity contribution in [1.82, 2.24) is 4.72 Å². The van der Waals surface area contributed by atoms with Crippen molar-refractivity contribution in [3.8, 4) is 0 Å². The van der Waals surface area contributed by atoms with Gasteiger partial charge in [-0.1, -0.05) is 13.8 Å². The van der Waals surface area contributed by atoms with Crippen LogP contribution in [0.5, 0.6) is 0 Å². The molecule has 4 rings (SSSR count). The highest BCUT2D eigenvalue weighted by molar-refractivity contribution is 7.90. The molecule has 10 atom stereocenters. The maximum Gasteiger partial charge on any atom is 0.136 e. The highest BCUT2D eigenvalue weighted by Crippen LogP contribution is 2.65. The standard InChI is InChI=1S/C28H51NO3S/c1-7-25(29-33(31)26(3,4)5)24-12-11-23-22-10-9-19-17-28(30,18-32-8-2)16-14-20(19)21(22)13-15-27(23,24)6/h19-25,29-30H,7-18H2,1-6H3/t19-,20+,21-,22-,23+,24-,25-,27+,28-,33-/m1/s1. The van der Waals surface area contributed by atoms with E-state index in [4.69, 9.17) is 4.74 Å². The molecule has 0 spiro atoms. The molecule has 0 aromatic carbocycles. The van der Waals surface area contributed by atoms with Crippen molar-refractivity contribution in [1.29, 1.82) is 0 Å². The van der Waals surface area contributed by atoms with Crippen LogP contribution < -0.4 is 4.72 Å². The van der Waals surface area contributed by atoms with Gasteiger partial charge in [-0.3, -0.25) is 0 Å². The van der Waals surface area contributed by atoms with E-state index in [-0.39, 0.29) is 4.75 Å². The van der Waals surface area contributed by atoms with E-state index in [1.54, 1.807) is 0 Å². The molecule has 0 radical (unpaired) electrons. The van der Waals surface area contributed by atoms with Crippen molar-refractivity contribution in [3.05, 3.63) is 0 Å². The molecule has 4 fully saturated rings. The van der Waals surface area contributed by atoms with Gasteiger partial charge in [0.2, 0.25) is 0 Å². The third-order valence-corrected chi connectivity index (χ3v) is 12.1. The summed E-state index contributed by atoms with van der Waals surface area (Å²) in [5.41, 5.74) is -0.206. The molecule has 0 saturated heterocycles. The Morgan fingerprint density at radius 2 is 1.76 bits per heavy atom. The van der Waals surface area contributed by atoms with Crippen LogP contribution in [0.25, 0.3) is 0 Å². The summed E-state index contributed by atoms with van der Waals surface area (Å²) in [5.74, 6) is 4.67. The highest BCUT2D eigenvalue weighted by Gasteiger charge is 2.59. The van der Waals surface area contributed by atoms with E-state index in [2.05, 4.69) is 39.3 Å². The van der Waals surface area contributed by atoms with Gasteiger partial charge in [-0.2, -0.15) is 0 Å². The maximum absolute atomic E-state index is 12.9. The number of rotatable bonds is 7. The van der Waals surface area contributed by atoms with Crippen LogP contribution in [0.1, 0.15) is 106 Å². The zero-order valence-electron chi connectivity index (χ0n) is 22.2. The number of nitrogens with one attached hydrogen (secondary N) is 1. The van der Waals surface area contributed by atoms with Crippen LogP contribution in [0.15, 0.2) is 0 Å². The van der Waals surface area contributed by atoms with E-state index in [9.17, 15) is 9.66 Å². The quantitative estimate of drug-likeness (QED) is 0.448. The first-order chi connectivity index (χ1) is 15.5. The molecule has 4 aliphatic carbocycles. The Balaban J connectivity index is 1.44. The molecule has 0 aromatic rings. The first kappa shape index (κ1) is 26.3. The third-order valence-electron chi connectivity index (χ3n) is 10.5. The number of aliphatic hydroxyl groups is 1. The summed E-state index contributed by atoms with van der Waals surface area (Å²) in [7, 11) is 0. The van der Waals surface area contributed by atoms with E-state index in [1.807, 2.05) is 6.92 Å². The second kappa shape index (κ2) is 9.92. The smallest absolute Gasteiger partial charge is 0.136 e.